The van der Waals surface area contributed by atoms with Gasteiger partial charge in [0, 0.05) is 18.6 Å². The van der Waals surface area contributed by atoms with E-state index in [1.54, 1.807) is 0 Å². The van der Waals surface area contributed by atoms with E-state index in [-0.39, 0.29) is 40.8 Å². The Kier molecular flexibility index (Phi) is 300. The number of rotatable bonds is 0. The number of hydrogen-bond acceptors (Lipinski definition) is 1. The molecule has 0 spiro atoms. The molecule has 5 heavy (non-hydrogen) atoms. The molecule has 2 radical (unpaired) electrons. The van der Waals surface area contributed by atoms with Crippen molar-refractivity contribution in [1.29, 1.82) is 0 Å². The van der Waals surface area contributed by atoms with Crippen molar-refractivity contribution in [2.75, 3.05) is 0 Å². The summed E-state index contributed by atoms with van der Waals surface area (Å²) >= 11 is 0.700. The van der Waals surface area contributed by atoms with Crippen molar-refractivity contribution < 1.29 is 64.0 Å². The maximum absolute atomic E-state index is 8.26. The van der Waals surface area contributed by atoms with E-state index < -0.39 is 0 Å². The zero-order chi connectivity index (χ0) is 2.00. The van der Waals surface area contributed by atoms with Gasteiger partial charge in [0.25, 0.3) is 0 Å². The Balaban J connectivity index is -0.00000000167. The first-order valence-electron chi connectivity index (χ1n) is 0.167. The van der Waals surface area contributed by atoms with Crippen LogP contribution in [-0.2, 0) is 64.0 Å². The Morgan fingerprint density at radius 1 is 1.20 bits per heavy atom. The van der Waals surface area contributed by atoms with Crippen LogP contribution < -0.4 is 0 Å². The summed E-state index contributed by atoms with van der Waals surface area (Å²) < 4.78 is 8.26. The van der Waals surface area contributed by atoms with Crippen molar-refractivity contribution >= 4 is 0 Å². The van der Waals surface area contributed by atoms with E-state index in [4.69, 9.17) is 3.40 Å². The van der Waals surface area contributed by atoms with Gasteiger partial charge in [0.2, 0.25) is 0 Å². The molecule has 0 N–H and O–H groups in total. The van der Waals surface area contributed by atoms with Gasteiger partial charge >= 0.3 is 40.0 Å². The molecule has 0 aliphatic heterocycles. The summed E-state index contributed by atoms with van der Waals surface area (Å²) in [7, 11) is 0. The minimum absolute atomic E-state index is 0. The molecule has 2 nitrogen and oxygen atoms in total. The van der Waals surface area contributed by atoms with Crippen LogP contribution in [0.25, 0.3) is 0 Å². The topological polar surface area (TPSA) is 45.6 Å². The molecule has 0 unspecified atom stereocenters. The van der Waals surface area contributed by atoms with Gasteiger partial charge in [-0.05, 0) is 0 Å². The second-order valence-corrected chi connectivity index (χ2v) is 0. The fourth-order valence-electron chi connectivity index (χ4n) is 0. The first kappa shape index (κ1) is 31.1. The molecule has 0 aromatic heterocycles. The van der Waals surface area contributed by atoms with Crippen LogP contribution in [0.4, 0.5) is 0 Å². The molecule has 0 saturated heterocycles. The van der Waals surface area contributed by atoms with Gasteiger partial charge < -0.3 is 5.48 Å². The van der Waals surface area contributed by atoms with E-state index in [1.165, 1.54) is 0 Å². The normalized spacial score (nSPS) is 0.800. The van der Waals surface area contributed by atoms with Gasteiger partial charge in [-0.3, -0.25) is 0 Å². The first-order valence-corrected chi connectivity index (χ1v) is 0.986. The molecule has 0 heterocycles. The third kappa shape index (κ3) is 29.3. The van der Waals surface area contributed by atoms with E-state index in [0.717, 1.165) is 0 Å². The molecule has 0 amide bonds. The first-order chi connectivity index (χ1) is 1.00. The van der Waals surface area contributed by atoms with Gasteiger partial charge in [-0.2, -0.15) is 0 Å². The third-order valence-electron chi connectivity index (χ3n) is 0. The summed E-state index contributed by atoms with van der Waals surface area (Å²) in [5.74, 6) is 0. The van der Waals surface area contributed by atoms with Crippen LogP contribution >= 0.6 is 0 Å². The molecule has 0 aliphatic rings. The fraction of sp³-hybridized carbons (Fsp3) is 0. The Morgan fingerprint density at radius 3 is 1.20 bits per heavy atom. The molecule has 0 aromatic rings. The maximum Gasteiger partial charge on any atom is 0 e. The smallest absolute Gasteiger partial charge is 0 e. The van der Waals surface area contributed by atoms with Gasteiger partial charge in [-0.15, -0.1) is 0 Å². The van der Waals surface area contributed by atoms with Gasteiger partial charge in [-0.25, -0.2) is 0 Å². The zero-order valence-corrected chi connectivity index (χ0v) is 6.45. The molecule has 32 valence electrons. The van der Waals surface area contributed by atoms with Gasteiger partial charge in [0.05, 0.1) is 0 Å². The molecule has 0 atom stereocenters. The Labute approximate surface area is 63.7 Å². The van der Waals surface area contributed by atoms with Crippen LogP contribution in [0.15, 0.2) is 0 Å². The molecule has 0 saturated carbocycles. The van der Waals surface area contributed by atoms with Crippen molar-refractivity contribution in [3.63, 3.8) is 0 Å². The van der Waals surface area contributed by atoms with Gasteiger partial charge in [-0.1, -0.05) is 0 Å². The molecule has 0 fully saturated rings. The van der Waals surface area contributed by atoms with Crippen molar-refractivity contribution in [1.82, 2.24) is 0 Å². The maximum atomic E-state index is 8.26. The predicted molar refractivity (Wildman–Crippen MR) is 1.37 cm³/mol. The van der Waals surface area contributed by atoms with Gasteiger partial charge in [0.15, 0.2) is 0 Å². The van der Waals surface area contributed by atoms with Crippen molar-refractivity contribution in [3.8, 4) is 0 Å². The van der Waals surface area contributed by atoms with Crippen molar-refractivity contribution in [2.45, 2.75) is 0 Å². The predicted octanol–water partition coefficient (Wildman–Crippen LogP) is -0.245. The fourth-order valence-corrected chi connectivity index (χ4v) is 0. The summed E-state index contributed by atoms with van der Waals surface area (Å²) in [5, 5.41) is 0. The third-order valence-corrected chi connectivity index (χ3v) is 0. The van der Waals surface area contributed by atoms with Crippen LogP contribution in [0.5, 0.6) is 0 Å². The quantitative estimate of drug-likeness (QED) is 0.537. The molecule has 0 aromatic carbocycles. The largest absolute Gasteiger partial charge is 0 e. The summed E-state index contributed by atoms with van der Waals surface area (Å²) in [4.78, 5) is 0. The van der Waals surface area contributed by atoms with E-state index in [1.807, 2.05) is 0 Å². The van der Waals surface area contributed by atoms with Crippen LogP contribution in [-0.4, -0.2) is 0 Å². The van der Waals surface area contributed by atoms with Crippen LogP contribution in [0.3, 0.4) is 0 Å². The molecule has 5 heteroatoms. The summed E-state index contributed by atoms with van der Waals surface area (Å²) in [6.07, 6.45) is 0. The molecule has 0 aliphatic carbocycles. The van der Waals surface area contributed by atoms with E-state index >= 15 is 0 Å². The monoisotopic (exact) mass is 240 g/mol. The van der Waals surface area contributed by atoms with Crippen molar-refractivity contribution in [3.05, 3.63) is 0 Å². The Morgan fingerprint density at radius 2 is 1.20 bits per heavy atom. The minimum atomic E-state index is 0. The van der Waals surface area contributed by atoms with Crippen LogP contribution in [0, 0.1) is 0 Å². The van der Waals surface area contributed by atoms with E-state index in [9.17, 15) is 0 Å². The standard InChI is InChI=1S/Co.Mo.2O.V/q+2;;;-2;. The average molecular weight is 238 g/mol. The van der Waals surface area contributed by atoms with Crippen molar-refractivity contribution in [2.24, 2.45) is 0 Å². The SMILES string of the molecule is [Co+2].[O-2].[O]=[Mo].[V]. The van der Waals surface area contributed by atoms with E-state index in [2.05, 4.69) is 0 Å². The summed E-state index contributed by atoms with van der Waals surface area (Å²) in [5.41, 5.74) is 0. The Hall–Kier alpha value is 1.54. The van der Waals surface area contributed by atoms with Gasteiger partial charge in [0.1, 0.15) is 0 Å². The number of hydrogen-bond donors (Lipinski definition) is 0. The average Bonchev–Trinajstić information content (AvgIpc) is 1.00. The Bertz CT molecular complexity index is 9.61. The molecule has 0 bridgehead atoms. The second kappa shape index (κ2) is 48.2. The zero-order valence-electron chi connectivity index (χ0n) is 2.01. The van der Waals surface area contributed by atoms with E-state index in [0.29, 0.717) is 19.8 Å². The minimum Gasteiger partial charge on any atom is 0 e. The summed E-state index contributed by atoms with van der Waals surface area (Å²) in [6, 6.07) is 0. The van der Waals surface area contributed by atoms with Crippen LogP contribution in [0.2, 0.25) is 0 Å². The summed E-state index contributed by atoms with van der Waals surface area (Å²) in [6.45, 7) is 0. The van der Waals surface area contributed by atoms with Crippen LogP contribution in [0.1, 0.15) is 0 Å². The molecular formula is CoMoO2V. The molecule has 0 rings (SSSR count). The second-order valence-electron chi connectivity index (χ2n) is 0. The molecular weight excluding hydrogens is 238 g/mol.